The summed E-state index contributed by atoms with van der Waals surface area (Å²) in [7, 11) is 0. The molecule has 0 amide bonds. The Kier molecular flexibility index (Phi) is 6.04. The van der Waals surface area contributed by atoms with Gasteiger partial charge in [0.1, 0.15) is 0 Å². The van der Waals surface area contributed by atoms with Gasteiger partial charge in [-0.25, -0.2) is 0 Å². The second-order valence-corrected chi connectivity index (χ2v) is 8.12. The Balaban J connectivity index is 1.95. The largest absolute Gasteiger partial charge is 0.312 e. The van der Waals surface area contributed by atoms with Crippen molar-refractivity contribution in [1.29, 1.82) is 0 Å². The third kappa shape index (κ3) is 4.37. The second-order valence-electron chi connectivity index (χ2n) is 6.84. The molecule has 0 radical (unpaired) electrons. The van der Waals surface area contributed by atoms with Crippen LogP contribution in [0.1, 0.15) is 52.4 Å². The van der Waals surface area contributed by atoms with Crippen LogP contribution in [0.25, 0.3) is 0 Å². The fourth-order valence-electron chi connectivity index (χ4n) is 3.64. The van der Waals surface area contributed by atoms with Crippen molar-refractivity contribution in [2.24, 2.45) is 5.92 Å². The third-order valence-corrected chi connectivity index (χ3v) is 6.43. The molecular formula is C16H32N2S. The van der Waals surface area contributed by atoms with E-state index < -0.39 is 0 Å². The van der Waals surface area contributed by atoms with E-state index in [2.05, 4.69) is 42.1 Å². The number of hydrogen-bond acceptors (Lipinski definition) is 3. The minimum absolute atomic E-state index is 0.560. The van der Waals surface area contributed by atoms with Crippen molar-refractivity contribution < 1.29 is 0 Å². The maximum atomic E-state index is 3.73. The number of nitrogens with one attached hydrogen (secondary N) is 1. The summed E-state index contributed by atoms with van der Waals surface area (Å²) in [5.74, 6) is 0.747. The maximum absolute atomic E-state index is 3.73. The van der Waals surface area contributed by atoms with Crippen LogP contribution in [0, 0.1) is 5.92 Å². The monoisotopic (exact) mass is 284 g/mol. The molecule has 1 saturated carbocycles. The van der Waals surface area contributed by atoms with E-state index >= 15 is 0 Å². The molecule has 1 saturated heterocycles. The van der Waals surface area contributed by atoms with Gasteiger partial charge in [0, 0.05) is 23.9 Å². The fourth-order valence-corrected chi connectivity index (χ4v) is 4.65. The lowest BCUT2D eigenvalue weighted by Crippen LogP contribution is -2.47. The number of rotatable bonds is 4. The van der Waals surface area contributed by atoms with Gasteiger partial charge in [-0.05, 0) is 44.5 Å². The molecule has 19 heavy (non-hydrogen) atoms. The van der Waals surface area contributed by atoms with Crippen molar-refractivity contribution in [3.05, 3.63) is 0 Å². The quantitative estimate of drug-likeness (QED) is 0.852. The molecular weight excluding hydrogens is 252 g/mol. The molecule has 2 nitrogen and oxygen atoms in total. The van der Waals surface area contributed by atoms with Gasteiger partial charge in [-0.3, -0.25) is 0 Å². The molecule has 1 unspecified atom stereocenters. The van der Waals surface area contributed by atoms with Gasteiger partial charge in [-0.2, -0.15) is 11.8 Å². The van der Waals surface area contributed by atoms with Crippen LogP contribution >= 0.6 is 11.8 Å². The molecule has 112 valence electrons. The van der Waals surface area contributed by atoms with Gasteiger partial charge in [-0.1, -0.05) is 33.1 Å². The lowest BCUT2D eigenvalue weighted by atomic mass is 9.87. The van der Waals surface area contributed by atoms with Crippen LogP contribution in [0.3, 0.4) is 0 Å². The summed E-state index contributed by atoms with van der Waals surface area (Å²) in [6, 6.07) is 0.685. The number of hydrogen-bond donors (Lipinski definition) is 1. The van der Waals surface area contributed by atoms with Crippen molar-refractivity contribution in [3.63, 3.8) is 0 Å². The molecule has 1 aliphatic heterocycles. The zero-order valence-electron chi connectivity index (χ0n) is 13.1. The second kappa shape index (κ2) is 7.33. The molecule has 1 aliphatic carbocycles. The Morgan fingerprint density at radius 2 is 1.95 bits per heavy atom. The van der Waals surface area contributed by atoms with Gasteiger partial charge in [0.15, 0.2) is 0 Å². The molecule has 0 spiro atoms. The van der Waals surface area contributed by atoms with Gasteiger partial charge in [0.05, 0.1) is 0 Å². The predicted octanol–water partition coefficient (Wildman–Crippen LogP) is 3.37. The highest BCUT2D eigenvalue weighted by Gasteiger charge is 2.34. The highest BCUT2D eigenvalue weighted by atomic mass is 32.2. The van der Waals surface area contributed by atoms with E-state index in [0.717, 1.165) is 5.92 Å². The van der Waals surface area contributed by atoms with Gasteiger partial charge in [0.25, 0.3) is 0 Å². The van der Waals surface area contributed by atoms with Crippen molar-refractivity contribution in [2.75, 3.05) is 32.4 Å². The first kappa shape index (κ1) is 15.7. The van der Waals surface area contributed by atoms with Gasteiger partial charge in [-0.15, -0.1) is 0 Å². The first-order valence-corrected chi connectivity index (χ1v) is 9.38. The standard InChI is InChI=1S/C16H32N2S/c1-14(2)15-12-18(11-7-10-17-15)13-16(19-3)8-5-4-6-9-16/h14-15,17H,4-13H2,1-3H3. The Morgan fingerprint density at radius 3 is 2.58 bits per heavy atom. The van der Waals surface area contributed by atoms with Crippen molar-refractivity contribution >= 4 is 11.8 Å². The summed E-state index contributed by atoms with van der Waals surface area (Å²) in [5, 5.41) is 3.73. The van der Waals surface area contributed by atoms with E-state index in [-0.39, 0.29) is 0 Å². The first-order chi connectivity index (χ1) is 9.15. The van der Waals surface area contributed by atoms with Crippen LogP contribution < -0.4 is 5.32 Å². The average molecular weight is 285 g/mol. The Labute approximate surface area is 124 Å². The van der Waals surface area contributed by atoms with Crippen molar-refractivity contribution in [1.82, 2.24) is 10.2 Å². The fraction of sp³-hybridized carbons (Fsp3) is 1.00. The lowest BCUT2D eigenvalue weighted by molar-refractivity contribution is 0.204. The molecule has 1 heterocycles. The SMILES string of the molecule is CSC1(CN2CCCNC(C(C)C)C2)CCCCC1. The number of nitrogens with zero attached hydrogens (tertiary/aromatic N) is 1. The molecule has 1 N–H and O–H groups in total. The average Bonchev–Trinajstić information content (AvgIpc) is 2.65. The lowest BCUT2D eigenvalue weighted by Gasteiger charge is -2.40. The van der Waals surface area contributed by atoms with E-state index in [1.165, 1.54) is 64.7 Å². The molecule has 0 aromatic rings. The summed E-state index contributed by atoms with van der Waals surface area (Å²) >= 11 is 2.14. The van der Waals surface area contributed by atoms with Gasteiger partial charge >= 0.3 is 0 Å². The van der Waals surface area contributed by atoms with Crippen LogP contribution in [0.15, 0.2) is 0 Å². The Bertz CT molecular complexity index is 261. The summed E-state index contributed by atoms with van der Waals surface area (Å²) in [6.07, 6.45) is 10.9. The molecule has 2 rings (SSSR count). The molecule has 2 aliphatic rings. The molecule has 1 atom stereocenters. The van der Waals surface area contributed by atoms with Crippen molar-refractivity contribution in [3.8, 4) is 0 Å². The number of thioether (sulfide) groups is 1. The normalized spacial score (nSPS) is 29.4. The molecule has 0 aromatic carbocycles. The zero-order valence-corrected chi connectivity index (χ0v) is 13.9. The van der Waals surface area contributed by atoms with Gasteiger partial charge in [0.2, 0.25) is 0 Å². The molecule has 0 aromatic heterocycles. The molecule has 0 bridgehead atoms. The maximum Gasteiger partial charge on any atom is 0.0284 e. The zero-order chi connectivity index (χ0) is 13.7. The van der Waals surface area contributed by atoms with Crippen LogP contribution in [0.4, 0.5) is 0 Å². The minimum Gasteiger partial charge on any atom is -0.312 e. The summed E-state index contributed by atoms with van der Waals surface area (Å²) in [6.45, 7) is 9.77. The first-order valence-electron chi connectivity index (χ1n) is 8.16. The highest BCUT2D eigenvalue weighted by Crippen LogP contribution is 2.39. The smallest absolute Gasteiger partial charge is 0.0284 e. The van der Waals surface area contributed by atoms with Crippen LogP contribution in [0.2, 0.25) is 0 Å². The summed E-state index contributed by atoms with van der Waals surface area (Å²) in [5.41, 5.74) is 0. The summed E-state index contributed by atoms with van der Waals surface area (Å²) < 4.78 is 0.560. The third-order valence-electron chi connectivity index (χ3n) is 5.03. The molecule has 2 fully saturated rings. The van der Waals surface area contributed by atoms with Crippen LogP contribution in [-0.4, -0.2) is 48.1 Å². The van der Waals surface area contributed by atoms with E-state index in [1.54, 1.807) is 0 Å². The van der Waals surface area contributed by atoms with E-state index in [9.17, 15) is 0 Å². The topological polar surface area (TPSA) is 15.3 Å². The van der Waals surface area contributed by atoms with Crippen molar-refractivity contribution in [2.45, 2.75) is 63.2 Å². The predicted molar refractivity (Wildman–Crippen MR) is 87.0 cm³/mol. The Hall–Kier alpha value is 0.270. The summed E-state index contributed by atoms with van der Waals surface area (Å²) in [4.78, 5) is 2.76. The Morgan fingerprint density at radius 1 is 1.21 bits per heavy atom. The van der Waals surface area contributed by atoms with E-state index in [0.29, 0.717) is 10.8 Å². The van der Waals surface area contributed by atoms with Crippen LogP contribution in [0.5, 0.6) is 0 Å². The van der Waals surface area contributed by atoms with Gasteiger partial charge < -0.3 is 10.2 Å². The molecule has 3 heteroatoms. The van der Waals surface area contributed by atoms with E-state index in [1.807, 2.05) is 0 Å². The van der Waals surface area contributed by atoms with E-state index in [4.69, 9.17) is 0 Å². The van der Waals surface area contributed by atoms with Crippen LogP contribution in [-0.2, 0) is 0 Å². The highest BCUT2D eigenvalue weighted by molar-refractivity contribution is 8.00. The minimum atomic E-state index is 0.560.